The van der Waals surface area contributed by atoms with E-state index in [0.29, 0.717) is 28.7 Å². The van der Waals surface area contributed by atoms with Gasteiger partial charge in [-0.1, -0.05) is 30.3 Å². The molecule has 31 heavy (non-hydrogen) atoms. The highest BCUT2D eigenvalue weighted by Gasteiger charge is 2.20. The molecule has 0 saturated carbocycles. The van der Waals surface area contributed by atoms with Gasteiger partial charge in [-0.2, -0.15) is 0 Å². The van der Waals surface area contributed by atoms with Gasteiger partial charge >= 0.3 is 0 Å². The second-order valence-electron chi connectivity index (χ2n) is 6.70. The summed E-state index contributed by atoms with van der Waals surface area (Å²) in [5.74, 6) is 1.32. The Morgan fingerprint density at radius 1 is 0.935 bits per heavy atom. The van der Waals surface area contributed by atoms with E-state index in [9.17, 15) is 15.2 Å². The van der Waals surface area contributed by atoms with Crippen molar-refractivity contribution in [2.24, 2.45) is 0 Å². The fraction of sp³-hybridized carbons (Fsp3) is 0.0870. The van der Waals surface area contributed by atoms with E-state index in [1.165, 1.54) is 18.2 Å². The van der Waals surface area contributed by atoms with Crippen LogP contribution in [0, 0.1) is 10.1 Å². The lowest BCUT2D eigenvalue weighted by Crippen LogP contribution is -1.92. The molecule has 0 aliphatic rings. The second-order valence-corrected chi connectivity index (χ2v) is 6.70. The molecule has 156 valence electrons. The molecule has 4 aromatic rings. The summed E-state index contributed by atoms with van der Waals surface area (Å²) >= 11 is 0. The fourth-order valence-electron chi connectivity index (χ4n) is 3.33. The maximum absolute atomic E-state index is 11.2. The van der Waals surface area contributed by atoms with Gasteiger partial charge in [0.25, 0.3) is 5.69 Å². The summed E-state index contributed by atoms with van der Waals surface area (Å²) in [6.07, 6.45) is 0. The van der Waals surface area contributed by atoms with Gasteiger partial charge in [-0.3, -0.25) is 10.1 Å². The first-order valence-corrected chi connectivity index (χ1v) is 9.37. The van der Waals surface area contributed by atoms with E-state index < -0.39 is 4.92 Å². The predicted octanol–water partition coefficient (Wildman–Crippen LogP) is 5.04. The molecule has 0 radical (unpaired) electrons. The van der Waals surface area contributed by atoms with Crippen LogP contribution in [0.1, 0.15) is 0 Å². The quantitative estimate of drug-likeness (QED) is 0.336. The monoisotopic (exact) mass is 417 g/mol. The summed E-state index contributed by atoms with van der Waals surface area (Å²) in [4.78, 5) is 18.6. The number of methoxy groups -OCH3 is 2. The second kappa shape index (κ2) is 8.19. The van der Waals surface area contributed by atoms with Gasteiger partial charge in [0.2, 0.25) is 0 Å². The fourth-order valence-corrected chi connectivity index (χ4v) is 3.33. The number of imidazole rings is 1. The SMILES string of the molecule is COc1ccc(-c2nc(-c3cc([N+](=O)[O-])ccc3O)[nH]c2-c2ccccc2)cc1OC. The topological polar surface area (TPSA) is 111 Å². The highest BCUT2D eigenvalue weighted by Crippen LogP contribution is 2.39. The molecule has 4 rings (SSSR count). The Bertz CT molecular complexity index is 1250. The van der Waals surface area contributed by atoms with Gasteiger partial charge in [-0.25, -0.2) is 4.98 Å². The molecule has 0 aliphatic heterocycles. The van der Waals surface area contributed by atoms with Gasteiger partial charge in [-0.15, -0.1) is 0 Å². The molecular weight excluding hydrogens is 398 g/mol. The van der Waals surface area contributed by atoms with Gasteiger partial charge < -0.3 is 19.6 Å². The van der Waals surface area contributed by atoms with Crippen LogP contribution in [-0.4, -0.2) is 34.2 Å². The number of aromatic nitrogens is 2. The van der Waals surface area contributed by atoms with Gasteiger partial charge in [0, 0.05) is 23.3 Å². The Kier molecular flexibility index (Phi) is 5.28. The zero-order valence-corrected chi connectivity index (χ0v) is 16.8. The number of nitro groups is 1. The number of aromatic amines is 1. The first-order valence-electron chi connectivity index (χ1n) is 9.37. The lowest BCUT2D eigenvalue weighted by atomic mass is 10.0. The molecule has 0 amide bonds. The third kappa shape index (κ3) is 3.78. The number of H-pyrrole nitrogens is 1. The molecule has 0 saturated heterocycles. The van der Waals surface area contributed by atoms with Gasteiger partial charge in [0.1, 0.15) is 11.6 Å². The van der Waals surface area contributed by atoms with Gasteiger partial charge in [0.15, 0.2) is 11.5 Å². The summed E-state index contributed by atoms with van der Waals surface area (Å²) in [7, 11) is 3.11. The van der Waals surface area contributed by atoms with E-state index in [0.717, 1.165) is 11.1 Å². The average Bonchev–Trinajstić information content (AvgIpc) is 3.24. The number of phenolic OH excluding ortho intramolecular Hbond substituents is 1. The van der Waals surface area contributed by atoms with Crippen molar-refractivity contribution in [3.8, 4) is 51.2 Å². The summed E-state index contributed by atoms with van der Waals surface area (Å²) in [6, 6.07) is 18.8. The summed E-state index contributed by atoms with van der Waals surface area (Å²) < 4.78 is 10.7. The van der Waals surface area contributed by atoms with Crippen LogP contribution in [0.15, 0.2) is 66.7 Å². The van der Waals surface area contributed by atoms with Crippen molar-refractivity contribution in [3.05, 3.63) is 76.8 Å². The Morgan fingerprint density at radius 2 is 1.68 bits per heavy atom. The number of nitrogens with zero attached hydrogens (tertiary/aromatic N) is 2. The Balaban J connectivity index is 1.93. The lowest BCUT2D eigenvalue weighted by molar-refractivity contribution is -0.384. The number of nitro benzene ring substituents is 1. The van der Waals surface area contributed by atoms with E-state index in [2.05, 4.69) is 9.97 Å². The minimum Gasteiger partial charge on any atom is -0.507 e. The largest absolute Gasteiger partial charge is 0.507 e. The molecule has 3 aromatic carbocycles. The minimum atomic E-state index is -0.515. The number of hydrogen-bond acceptors (Lipinski definition) is 6. The van der Waals surface area contributed by atoms with E-state index >= 15 is 0 Å². The van der Waals surface area contributed by atoms with Crippen LogP contribution in [0.2, 0.25) is 0 Å². The highest BCUT2D eigenvalue weighted by molar-refractivity contribution is 5.83. The number of benzene rings is 3. The van der Waals surface area contributed by atoms with Crippen LogP contribution in [-0.2, 0) is 0 Å². The summed E-state index contributed by atoms with van der Waals surface area (Å²) in [5.41, 5.74) is 3.03. The maximum atomic E-state index is 11.2. The summed E-state index contributed by atoms with van der Waals surface area (Å²) in [5, 5.41) is 21.6. The molecule has 8 nitrogen and oxygen atoms in total. The van der Waals surface area contributed by atoms with Crippen molar-refractivity contribution in [2.75, 3.05) is 14.2 Å². The van der Waals surface area contributed by atoms with Gasteiger partial charge in [-0.05, 0) is 24.3 Å². The number of hydrogen-bond donors (Lipinski definition) is 2. The van der Waals surface area contributed by atoms with Crippen molar-refractivity contribution in [2.45, 2.75) is 0 Å². The predicted molar refractivity (Wildman–Crippen MR) is 116 cm³/mol. The molecule has 2 N–H and O–H groups in total. The van der Waals surface area contributed by atoms with Crippen molar-refractivity contribution in [1.82, 2.24) is 9.97 Å². The first-order chi connectivity index (χ1) is 15.0. The number of nitrogens with one attached hydrogen (secondary N) is 1. The van der Waals surface area contributed by atoms with Crippen molar-refractivity contribution >= 4 is 5.69 Å². The molecule has 1 heterocycles. The molecule has 8 heteroatoms. The molecule has 1 aromatic heterocycles. The third-order valence-corrected chi connectivity index (χ3v) is 4.87. The van der Waals surface area contributed by atoms with Crippen LogP contribution in [0.25, 0.3) is 33.9 Å². The first kappa shape index (κ1) is 20.0. The highest BCUT2D eigenvalue weighted by atomic mass is 16.6. The van der Waals surface area contributed by atoms with Crippen molar-refractivity contribution < 1.29 is 19.5 Å². The third-order valence-electron chi connectivity index (χ3n) is 4.87. The lowest BCUT2D eigenvalue weighted by Gasteiger charge is -2.09. The van der Waals surface area contributed by atoms with E-state index in [1.807, 2.05) is 36.4 Å². The molecule has 0 fully saturated rings. The zero-order chi connectivity index (χ0) is 22.0. The van der Waals surface area contributed by atoms with Crippen LogP contribution in [0.5, 0.6) is 17.2 Å². The normalized spacial score (nSPS) is 10.6. The van der Waals surface area contributed by atoms with Crippen molar-refractivity contribution in [3.63, 3.8) is 0 Å². The van der Waals surface area contributed by atoms with E-state index in [-0.39, 0.29) is 17.0 Å². The van der Waals surface area contributed by atoms with Crippen molar-refractivity contribution in [1.29, 1.82) is 0 Å². The van der Waals surface area contributed by atoms with E-state index in [4.69, 9.17) is 9.47 Å². The number of rotatable bonds is 6. The number of ether oxygens (including phenoxy) is 2. The number of phenols is 1. The number of non-ortho nitro benzene ring substituents is 1. The molecule has 0 atom stereocenters. The standard InChI is InChI=1S/C23H19N3O5/c1-30-19-11-8-15(12-20(19)31-2)22-21(14-6-4-3-5-7-14)24-23(25-22)17-13-16(26(28)29)9-10-18(17)27/h3-13,27H,1-2H3,(H,24,25). The molecule has 0 spiro atoms. The Morgan fingerprint density at radius 3 is 2.35 bits per heavy atom. The van der Waals surface area contributed by atoms with Crippen LogP contribution in [0.4, 0.5) is 5.69 Å². The Labute approximate surface area is 177 Å². The molecule has 0 unspecified atom stereocenters. The van der Waals surface area contributed by atoms with E-state index in [1.54, 1.807) is 26.4 Å². The van der Waals surface area contributed by atoms with Crippen LogP contribution >= 0.6 is 0 Å². The molecular formula is C23H19N3O5. The summed E-state index contributed by atoms with van der Waals surface area (Å²) in [6.45, 7) is 0. The molecule has 0 bridgehead atoms. The van der Waals surface area contributed by atoms with Gasteiger partial charge in [0.05, 0.1) is 36.1 Å². The maximum Gasteiger partial charge on any atom is 0.270 e. The zero-order valence-electron chi connectivity index (χ0n) is 16.8. The minimum absolute atomic E-state index is 0.113. The van der Waals surface area contributed by atoms with Crippen LogP contribution < -0.4 is 9.47 Å². The van der Waals surface area contributed by atoms with Crippen LogP contribution in [0.3, 0.4) is 0 Å². The smallest absolute Gasteiger partial charge is 0.270 e. The number of aromatic hydroxyl groups is 1. The molecule has 0 aliphatic carbocycles. The average molecular weight is 417 g/mol. The Hall–Kier alpha value is -4.33.